The Morgan fingerprint density at radius 1 is 1.05 bits per heavy atom. The largest absolute Gasteiger partial charge is 0.207 e. The first-order valence-corrected chi connectivity index (χ1v) is 8.56. The van der Waals surface area contributed by atoms with Crippen LogP contribution in [0.15, 0.2) is 46.9 Å². The second-order valence-corrected chi connectivity index (χ2v) is 6.59. The number of halogens is 3. The molecule has 0 heterocycles. The molecule has 1 atom stereocenters. The highest BCUT2D eigenvalue weighted by Gasteiger charge is 2.13. The lowest BCUT2D eigenvalue weighted by Gasteiger charge is -2.16. The Kier molecular flexibility index (Phi) is 5.79. The van der Waals surface area contributed by atoms with Crippen molar-refractivity contribution in [1.29, 1.82) is 0 Å². The predicted molar refractivity (Wildman–Crippen MR) is 90.0 cm³/mol. The first-order chi connectivity index (χ1) is 9.60. The highest BCUT2D eigenvalue weighted by molar-refractivity contribution is 9.10. The summed E-state index contributed by atoms with van der Waals surface area (Å²) in [5, 5.41) is 0.907. The second kappa shape index (κ2) is 7.37. The molecular weight excluding hydrogens is 383 g/mol. The average molecular weight is 400 g/mol. The minimum absolute atomic E-state index is 0.174. The van der Waals surface area contributed by atoms with E-state index in [0.717, 1.165) is 28.2 Å². The summed E-state index contributed by atoms with van der Waals surface area (Å²) in [4.78, 5) is 0. The van der Waals surface area contributed by atoms with Crippen LogP contribution in [0.4, 0.5) is 4.39 Å². The van der Waals surface area contributed by atoms with Gasteiger partial charge in [-0.2, -0.15) is 0 Å². The third-order valence-electron chi connectivity index (χ3n) is 3.50. The van der Waals surface area contributed by atoms with Gasteiger partial charge in [0.25, 0.3) is 0 Å². The Balaban J connectivity index is 2.13. The van der Waals surface area contributed by atoms with E-state index in [1.165, 1.54) is 17.2 Å². The van der Waals surface area contributed by atoms with Gasteiger partial charge in [0.2, 0.25) is 0 Å². The van der Waals surface area contributed by atoms with E-state index in [4.69, 9.17) is 0 Å². The van der Waals surface area contributed by atoms with E-state index in [0.29, 0.717) is 5.92 Å². The van der Waals surface area contributed by atoms with Gasteiger partial charge >= 0.3 is 0 Å². The molecule has 0 N–H and O–H groups in total. The van der Waals surface area contributed by atoms with Gasteiger partial charge in [0.15, 0.2) is 0 Å². The summed E-state index contributed by atoms with van der Waals surface area (Å²) in [7, 11) is 0. The average Bonchev–Trinajstić information content (AvgIpc) is 2.44. The zero-order valence-electron chi connectivity index (χ0n) is 11.4. The summed E-state index contributed by atoms with van der Waals surface area (Å²) in [6.45, 7) is 2.14. The van der Waals surface area contributed by atoms with Crippen LogP contribution in [0.3, 0.4) is 0 Å². The Hall–Kier alpha value is -0.670. The highest BCUT2D eigenvalue weighted by atomic mass is 79.9. The number of aryl methyl sites for hydroxylation is 1. The monoisotopic (exact) mass is 398 g/mol. The summed E-state index contributed by atoms with van der Waals surface area (Å²) >= 11 is 7.10. The van der Waals surface area contributed by atoms with E-state index in [2.05, 4.69) is 63.0 Å². The maximum absolute atomic E-state index is 13.4. The van der Waals surface area contributed by atoms with Gasteiger partial charge in [-0.3, -0.25) is 0 Å². The lowest BCUT2D eigenvalue weighted by atomic mass is 9.92. The molecule has 0 amide bonds. The van der Waals surface area contributed by atoms with Gasteiger partial charge in [-0.1, -0.05) is 56.1 Å². The van der Waals surface area contributed by atoms with Gasteiger partial charge < -0.3 is 0 Å². The van der Waals surface area contributed by atoms with Crippen molar-refractivity contribution in [2.75, 3.05) is 5.33 Å². The summed E-state index contributed by atoms with van der Waals surface area (Å²) < 4.78 is 14.3. The lowest BCUT2D eigenvalue weighted by molar-refractivity contribution is 0.580. The number of hydrogen-bond acceptors (Lipinski definition) is 0. The van der Waals surface area contributed by atoms with E-state index >= 15 is 0 Å². The molecule has 2 aromatic carbocycles. The molecule has 2 aromatic rings. The molecule has 0 bridgehead atoms. The molecule has 0 aliphatic carbocycles. The van der Waals surface area contributed by atoms with Gasteiger partial charge in [0.05, 0.1) is 0 Å². The van der Waals surface area contributed by atoms with Crippen LogP contribution < -0.4 is 0 Å². The van der Waals surface area contributed by atoms with E-state index in [1.807, 2.05) is 0 Å². The predicted octanol–water partition coefficient (Wildman–Crippen LogP) is 5.69. The first kappa shape index (κ1) is 15.7. The zero-order valence-corrected chi connectivity index (χ0v) is 14.5. The van der Waals surface area contributed by atoms with Gasteiger partial charge in [-0.05, 0) is 60.6 Å². The van der Waals surface area contributed by atoms with Crippen molar-refractivity contribution in [1.82, 2.24) is 0 Å². The summed E-state index contributed by atoms with van der Waals surface area (Å²) in [5.74, 6) is 0.279. The normalized spacial score (nSPS) is 12.4. The highest BCUT2D eigenvalue weighted by Crippen LogP contribution is 2.24. The zero-order chi connectivity index (χ0) is 14.5. The number of rotatable bonds is 5. The van der Waals surface area contributed by atoms with Crippen LogP contribution in [-0.2, 0) is 12.8 Å². The van der Waals surface area contributed by atoms with Gasteiger partial charge in [0, 0.05) is 9.80 Å². The Morgan fingerprint density at radius 3 is 2.45 bits per heavy atom. The Morgan fingerprint density at radius 2 is 1.75 bits per heavy atom. The molecular formula is C17H17Br2F. The molecule has 1 unspecified atom stereocenters. The van der Waals surface area contributed by atoms with E-state index in [-0.39, 0.29) is 5.82 Å². The maximum atomic E-state index is 13.4. The minimum Gasteiger partial charge on any atom is -0.207 e. The van der Waals surface area contributed by atoms with E-state index in [1.54, 1.807) is 12.1 Å². The van der Waals surface area contributed by atoms with Crippen molar-refractivity contribution in [2.24, 2.45) is 5.92 Å². The Labute approximate surface area is 136 Å². The number of alkyl halides is 1. The second-order valence-electron chi connectivity index (χ2n) is 5.09. The third-order valence-corrected chi connectivity index (χ3v) is 5.19. The summed E-state index contributed by atoms with van der Waals surface area (Å²) in [5.41, 5.74) is 3.71. The molecule has 106 valence electrons. The van der Waals surface area contributed by atoms with Crippen LogP contribution in [0.25, 0.3) is 0 Å². The summed E-state index contributed by atoms with van der Waals surface area (Å²) in [6, 6.07) is 13.3. The minimum atomic E-state index is -0.174. The van der Waals surface area contributed by atoms with Crippen LogP contribution >= 0.6 is 31.9 Å². The van der Waals surface area contributed by atoms with E-state index in [9.17, 15) is 4.39 Å². The first-order valence-electron chi connectivity index (χ1n) is 6.64. The Bertz CT molecular complexity index is 581. The van der Waals surface area contributed by atoms with Crippen LogP contribution in [0, 0.1) is 18.7 Å². The molecule has 0 aliphatic heterocycles. The SMILES string of the molecule is Cc1ccccc1CC(CBr)Cc1cc(F)ccc1Br. The third kappa shape index (κ3) is 4.16. The molecule has 0 fully saturated rings. The van der Waals surface area contributed by atoms with Gasteiger partial charge in [0.1, 0.15) is 5.82 Å². The van der Waals surface area contributed by atoms with Gasteiger partial charge in [-0.15, -0.1) is 0 Å². The van der Waals surface area contributed by atoms with Crippen molar-refractivity contribution < 1.29 is 4.39 Å². The van der Waals surface area contributed by atoms with Crippen molar-refractivity contribution >= 4 is 31.9 Å². The van der Waals surface area contributed by atoms with Crippen LogP contribution in [0.2, 0.25) is 0 Å². The number of hydrogen-bond donors (Lipinski definition) is 0. The fourth-order valence-electron chi connectivity index (χ4n) is 2.34. The molecule has 20 heavy (non-hydrogen) atoms. The standard InChI is InChI=1S/C17H17Br2F/c1-12-4-2-3-5-14(12)8-13(11-18)9-15-10-16(20)6-7-17(15)19/h2-7,10,13H,8-9,11H2,1H3. The molecule has 2 rings (SSSR count). The fourth-order valence-corrected chi connectivity index (χ4v) is 3.21. The van der Waals surface area contributed by atoms with Crippen LogP contribution in [-0.4, -0.2) is 5.33 Å². The van der Waals surface area contributed by atoms with Crippen molar-refractivity contribution in [3.8, 4) is 0 Å². The van der Waals surface area contributed by atoms with E-state index < -0.39 is 0 Å². The molecule has 0 radical (unpaired) electrons. The molecule has 0 spiro atoms. The lowest BCUT2D eigenvalue weighted by Crippen LogP contribution is -2.11. The van der Waals surface area contributed by atoms with Crippen molar-refractivity contribution in [2.45, 2.75) is 19.8 Å². The smallest absolute Gasteiger partial charge is 0.123 e. The van der Waals surface area contributed by atoms with Crippen LogP contribution in [0.1, 0.15) is 16.7 Å². The maximum Gasteiger partial charge on any atom is 0.123 e. The quantitative estimate of drug-likeness (QED) is 0.566. The van der Waals surface area contributed by atoms with Crippen LogP contribution in [0.5, 0.6) is 0 Å². The fraction of sp³-hybridized carbons (Fsp3) is 0.294. The van der Waals surface area contributed by atoms with Crippen molar-refractivity contribution in [3.63, 3.8) is 0 Å². The molecule has 0 nitrogen and oxygen atoms in total. The molecule has 0 aliphatic rings. The molecule has 0 saturated carbocycles. The number of benzene rings is 2. The molecule has 0 aromatic heterocycles. The molecule has 0 saturated heterocycles. The summed E-state index contributed by atoms with van der Waals surface area (Å²) in [6.07, 6.45) is 1.86. The van der Waals surface area contributed by atoms with Crippen molar-refractivity contribution in [3.05, 3.63) is 69.4 Å². The molecule has 3 heteroatoms. The van der Waals surface area contributed by atoms with Gasteiger partial charge in [-0.25, -0.2) is 4.39 Å². The topological polar surface area (TPSA) is 0 Å².